The first-order valence-corrected chi connectivity index (χ1v) is 9.49. The number of amides is 2. The van der Waals surface area contributed by atoms with Crippen molar-refractivity contribution in [3.05, 3.63) is 51.7 Å². The lowest BCUT2D eigenvalue weighted by atomic mass is 10.3. The highest BCUT2D eigenvalue weighted by Crippen LogP contribution is 2.24. The molecule has 2 heterocycles. The van der Waals surface area contributed by atoms with Gasteiger partial charge in [-0.3, -0.25) is 14.5 Å². The monoisotopic (exact) mass is 377 g/mol. The Hall–Kier alpha value is -1.89. The van der Waals surface area contributed by atoms with Crippen LogP contribution in [0.2, 0.25) is 5.02 Å². The van der Waals surface area contributed by atoms with Crippen LogP contribution in [-0.2, 0) is 4.79 Å². The molecule has 0 unspecified atom stereocenters. The van der Waals surface area contributed by atoms with Crippen LogP contribution in [0.25, 0.3) is 0 Å². The highest BCUT2D eigenvalue weighted by molar-refractivity contribution is 7.12. The number of benzene rings is 1. The Morgan fingerprint density at radius 2 is 1.88 bits per heavy atom. The number of hydrogen-bond acceptors (Lipinski definition) is 4. The predicted octanol–water partition coefficient (Wildman–Crippen LogP) is 3.19. The molecule has 3 rings (SSSR count). The second kappa shape index (κ2) is 8.47. The largest absolute Gasteiger partial charge is 0.337 e. The quantitative estimate of drug-likeness (QED) is 0.890. The van der Waals surface area contributed by atoms with Gasteiger partial charge in [0.1, 0.15) is 4.88 Å². The summed E-state index contributed by atoms with van der Waals surface area (Å²) in [6, 6.07) is 11.2. The highest BCUT2D eigenvalue weighted by Gasteiger charge is 2.23. The maximum atomic E-state index is 12.6. The van der Waals surface area contributed by atoms with Gasteiger partial charge >= 0.3 is 0 Å². The molecule has 7 heteroatoms. The minimum absolute atomic E-state index is 0.0180. The van der Waals surface area contributed by atoms with E-state index in [2.05, 4.69) is 10.2 Å². The molecule has 1 aromatic carbocycles. The molecular weight excluding hydrogens is 358 g/mol. The zero-order valence-electron chi connectivity index (χ0n) is 13.8. The third-order valence-electron chi connectivity index (χ3n) is 4.11. The van der Waals surface area contributed by atoms with Crippen LogP contribution in [0.5, 0.6) is 0 Å². The minimum Gasteiger partial charge on any atom is -0.337 e. The summed E-state index contributed by atoms with van der Waals surface area (Å²) in [5.41, 5.74) is 0.798. The summed E-state index contributed by atoms with van der Waals surface area (Å²) in [6.45, 7) is 3.09. The van der Waals surface area contributed by atoms with Crippen LogP contribution in [-0.4, -0.2) is 54.3 Å². The van der Waals surface area contributed by atoms with Gasteiger partial charge in [-0.05, 0) is 30.0 Å². The lowest BCUT2D eigenvalue weighted by Gasteiger charge is -2.21. The molecule has 0 saturated carbocycles. The molecule has 0 atom stereocenters. The number of halogens is 1. The Balaban J connectivity index is 1.52. The molecule has 0 bridgehead atoms. The predicted molar refractivity (Wildman–Crippen MR) is 101 cm³/mol. The number of thiophene rings is 1. The van der Waals surface area contributed by atoms with Gasteiger partial charge in [-0.2, -0.15) is 0 Å². The first-order chi connectivity index (χ1) is 12.1. The molecule has 0 spiro atoms. The Morgan fingerprint density at radius 1 is 1.08 bits per heavy atom. The first-order valence-electron chi connectivity index (χ1n) is 8.23. The van der Waals surface area contributed by atoms with E-state index in [9.17, 15) is 9.59 Å². The van der Waals surface area contributed by atoms with Crippen LogP contribution in [0.1, 0.15) is 16.1 Å². The summed E-state index contributed by atoms with van der Waals surface area (Å²) in [5, 5.41) is 5.24. The van der Waals surface area contributed by atoms with E-state index < -0.39 is 0 Å². The molecule has 2 aromatic rings. The number of hydrogen-bond donors (Lipinski definition) is 1. The number of carbonyl (C=O) groups excluding carboxylic acids is 2. The van der Waals surface area contributed by atoms with Crippen molar-refractivity contribution < 1.29 is 9.59 Å². The zero-order valence-corrected chi connectivity index (χ0v) is 15.4. The van der Waals surface area contributed by atoms with E-state index in [1.165, 1.54) is 11.3 Å². The normalized spacial score (nSPS) is 15.6. The van der Waals surface area contributed by atoms with Gasteiger partial charge < -0.3 is 10.2 Å². The van der Waals surface area contributed by atoms with Crippen molar-refractivity contribution in [3.63, 3.8) is 0 Å². The molecule has 132 valence electrons. The maximum Gasteiger partial charge on any atom is 0.265 e. The van der Waals surface area contributed by atoms with Gasteiger partial charge in [0.05, 0.1) is 11.6 Å². The minimum atomic E-state index is -0.0349. The van der Waals surface area contributed by atoms with Crippen molar-refractivity contribution in [1.82, 2.24) is 9.80 Å². The van der Waals surface area contributed by atoms with E-state index in [0.29, 0.717) is 36.1 Å². The SMILES string of the molecule is O=C(CN1CCCN(C(=O)c2sccc2Cl)CC1)Nc1ccccc1. The molecular formula is C18H20ClN3O2S. The molecule has 25 heavy (non-hydrogen) atoms. The summed E-state index contributed by atoms with van der Waals surface area (Å²) in [4.78, 5) is 29.3. The van der Waals surface area contributed by atoms with Gasteiger partial charge in [0.25, 0.3) is 5.91 Å². The molecule has 1 N–H and O–H groups in total. The molecule has 0 radical (unpaired) electrons. The number of nitrogens with one attached hydrogen (secondary N) is 1. The average Bonchev–Trinajstić information content (AvgIpc) is 2.89. The van der Waals surface area contributed by atoms with Gasteiger partial charge in [0.2, 0.25) is 5.91 Å². The second-order valence-electron chi connectivity index (χ2n) is 5.93. The maximum absolute atomic E-state index is 12.6. The Kier molecular flexibility index (Phi) is 6.07. The van der Waals surface area contributed by atoms with E-state index in [4.69, 9.17) is 11.6 Å². The van der Waals surface area contributed by atoms with Crippen molar-refractivity contribution >= 4 is 40.4 Å². The van der Waals surface area contributed by atoms with Crippen molar-refractivity contribution in [2.24, 2.45) is 0 Å². The van der Waals surface area contributed by atoms with E-state index in [1.54, 1.807) is 6.07 Å². The molecule has 0 aliphatic carbocycles. The smallest absolute Gasteiger partial charge is 0.265 e. The lowest BCUT2D eigenvalue weighted by Crippen LogP contribution is -2.37. The van der Waals surface area contributed by atoms with Gasteiger partial charge in [0.15, 0.2) is 0 Å². The van der Waals surface area contributed by atoms with Crippen LogP contribution >= 0.6 is 22.9 Å². The van der Waals surface area contributed by atoms with Crippen LogP contribution in [0.15, 0.2) is 41.8 Å². The summed E-state index contributed by atoms with van der Waals surface area (Å²) in [7, 11) is 0. The fraction of sp³-hybridized carbons (Fsp3) is 0.333. The third kappa shape index (κ3) is 4.81. The van der Waals surface area contributed by atoms with Gasteiger partial charge in [-0.15, -0.1) is 11.3 Å². The number of rotatable bonds is 4. The van der Waals surface area contributed by atoms with Gasteiger partial charge in [-0.1, -0.05) is 29.8 Å². The molecule has 1 fully saturated rings. The number of anilines is 1. The number of nitrogens with zero attached hydrogens (tertiary/aromatic N) is 2. The lowest BCUT2D eigenvalue weighted by molar-refractivity contribution is -0.117. The Bertz CT molecular complexity index is 735. The topological polar surface area (TPSA) is 52.7 Å². The van der Waals surface area contributed by atoms with Crippen LogP contribution in [0.4, 0.5) is 5.69 Å². The molecule has 1 aliphatic heterocycles. The van der Waals surface area contributed by atoms with Gasteiger partial charge in [-0.25, -0.2) is 0 Å². The van der Waals surface area contributed by atoms with Gasteiger partial charge in [0, 0.05) is 31.9 Å². The van der Waals surface area contributed by atoms with Crippen molar-refractivity contribution in [2.45, 2.75) is 6.42 Å². The fourth-order valence-electron chi connectivity index (χ4n) is 2.85. The number of para-hydroxylation sites is 1. The summed E-state index contributed by atoms with van der Waals surface area (Å²) < 4.78 is 0. The molecule has 1 aliphatic rings. The molecule has 1 aromatic heterocycles. The van der Waals surface area contributed by atoms with E-state index >= 15 is 0 Å². The van der Waals surface area contributed by atoms with E-state index in [0.717, 1.165) is 18.7 Å². The standard InChI is InChI=1S/C18H20ClN3O2S/c19-15-7-12-25-17(15)18(24)22-9-4-8-21(10-11-22)13-16(23)20-14-5-2-1-3-6-14/h1-3,5-7,12H,4,8-11,13H2,(H,20,23). The van der Waals surface area contributed by atoms with Crippen LogP contribution in [0, 0.1) is 0 Å². The first kappa shape index (κ1) is 17.9. The number of carbonyl (C=O) groups is 2. The van der Waals surface area contributed by atoms with Crippen LogP contribution < -0.4 is 5.32 Å². The third-order valence-corrected chi connectivity index (χ3v) is 5.44. The zero-order chi connectivity index (χ0) is 17.6. The Morgan fingerprint density at radius 3 is 2.60 bits per heavy atom. The van der Waals surface area contributed by atoms with Crippen LogP contribution in [0.3, 0.4) is 0 Å². The molecule has 5 nitrogen and oxygen atoms in total. The van der Waals surface area contributed by atoms with Crippen molar-refractivity contribution in [1.29, 1.82) is 0 Å². The summed E-state index contributed by atoms with van der Waals surface area (Å²) in [6.07, 6.45) is 0.841. The fourth-order valence-corrected chi connectivity index (χ4v) is 3.95. The Labute approximate surface area is 156 Å². The second-order valence-corrected chi connectivity index (χ2v) is 7.26. The summed E-state index contributed by atoms with van der Waals surface area (Å²) in [5.74, 6) is -0.0529. The van der Waals surface area contributed by atoms with Crippen molar-refractivity contribution in [3.8, 4) is 0 Å². The average molecular weight is 378 g/mol. The molecule has 2 amide bonds. The highest BCUT2D eigenvalue weighted by atomic mass is 35.5. The van der Waals surface area contributed by atoms with E-state index in [1.807, 2.05) is 40.6 Å². The van der Waals surface area contributed by atoms with Crippen molar-refractivity contribution in [2.75, 3.05) is 38.0 Å². The summed E-state index contributed by atoms with van der Waals surface area (Å²) >= 11 is 7.44. The van der Waals surface area contributed by atoms with E-state index in [-0.39, 0.29) is 11.8 Å². The molecule has 1 saturated heterocycles.